The van der Waals surface area contributed by atoms with Crippen molar-refractivity contribution in [1.82, 2.24) is 14.5 Å². The zero-order valence-electron chi connectivity index (χ0n) is 17.2. The Morgan fingerprint density at radius 3 is 2.73 bits per heavy atom. The summed E-state index contributed by atoms with van der Waals surface area (Å²) in [5.74, 6) is 0.856. The molecule has 156 valence electrons. The Labute approximate surface area is 175 Å². The molecule has 0 unspecified atom stereocenters. The summed E-state index contributed by atoms with van der Waals surface area (Å²) in [4.78, 5) is 12.0. The SMILES string of the molecule is COCCn1cnc2c(N3CCOCC3)cc(N3CCC(c4ccccc4)=N3)nc21. The van der Waals surface area contributed by atoms with Crippen LogP contribution in [0.15, 0.2) is 47.8 Å². The van der Waals surface area contributed by atoms with Crippen LogP contribution in [0.5, 0.6) is 0 Å². The van der Waals surface area contributed by atoms with Crippen LogP contribution in [-0.4, -0.2) is 66.8 Å². The summed E-state index contributed by atoms with van der Waals surface area (Å²) >= 11 is 0. The largest absolute Gasteiger partial charge is 0.383 e. The first-order chi connectivity index (χ1) is 14.8. The third-order valence-electron chi connectivity index (χ3n) is 5.60. The van der Waals surface area contributed by atoms with Gasteiger partial charge in [0.1, 0.15) is 5.52 Å². The summed E-state index contributed by atoms with van der Waals surface area (Å²) in [5.41, 5.74) is 5.15. The van der Waals surface area contributed by atoms with E-state index in [1.165, 1.54) is 5.56 Å². The molecule has 5 rings (SSSR count). The van der Waals surface area contributed by atoms with E-state index < -0.39 is 0 Å². The van der Waals surface area contributed by atoms with Gasteiger partial charge in [0.05, 0.1) is 37.5 Å². The highest BCUT2D eigenvalue weighted by atomic mass is 16.5. The van der Waals surface area contributed by atoms with Crippen molar-refractivity contribution >= 4 is 28.4 Å². The number of rotatable bonds is 6. The van der Waals surface area contributed by atoms with Gasteiger partial charge in [-0.3, -0.25) is 0 Å². The van der Waals surface area contributed by atoms with Gasteiger partial charge in [-0.05, 0) is 5.56 Å². The van der Waals surface area contributed by atoms with Gasteiger partial charge < -0.3 is 18.9 Å². The molecule has 0 spiro atoms. The quantitative estimate of drug-likeness (QED) is 0.627. The number of ether oxygens (including phenoxy) is 2. The molecule has 2 aliphatic rings. The number of hydrogen-bond donors (Lipinski definition) is 0. The fourth-order valence-corrected chi connectivity index (χ4v) is 3.99. The van der Waals surface area contributed by atoms with Gasteiger partial charge in [-0.15, -0.1) is 0 Å². The van der Waals surface area contributed by atoms with Gasteiger partial charge >= 0.3 is 0 Å². The molecule has 4 heterocycles. The predicted molar refractivity (Wildman–Crippen MR) is 117 cm³/mol. The van der Waals surface area contributed by atoms with Crippen LogP contribution in [0.4, 0.5) is 11.5 Å². The number of morpholine rings is 1. The molecule has 0 saturated carbocycles. The van der Waals surface area contributed by atoms with Gasteiger partial charge in [0.2, 0.25) is 0 Å². The van der Waals surface area contributed by atoms with Gasteiger partial charge in [-0.1, -0.05) is 30.3 Å². The highest BCUT2D eigenvalue weighted by Crippen LogP contribution is 2.31. The Morgan fingerprint density at radius 2 is 1.93 bits per heavy atom. The molecule has 8 heteroatoms. The van der Waals surface area contributed by atoms with Crippen molar-refractivity contribution < 1.29 is 9.47 Å². The van der Waals surface area contributed by atoms with Gasteiger partial charge in [0.25, 0.3) is 0 Å². The molecule has 30 heavy (non-hydrogen) atoms. The molecule has 0 aliphatic carbocycles. The Kier molecular flexibility index (Phi) is 5.33. The van der Waals surface area contributed by atoms with E-state index in [1.807, 2.05) is 17.4 Å². The molecule has 0 bridgehead atoms. The second-order valence-corrected chi connectivity index (χ2v) is 7.49. The second-order valence-electron chi connectivity index (χ2n) is 7.49. The number of anilines is 2. The predicted octanol–water partition coefficient (Wildman–Crippen LogP) is 2.53. The van der Waals surface area contributed by atoms with Crippen molar-refractivity contribution in [3.8, 4) is 0 Å². The fraction of sp³-hybridized carbons (Fsp3) is 0.409. The second kappa shape index (κ2) is 8.41. The molecule has 2 aromatic heterocycles. The van der Waals surface area contributed by atoms with E-state index in [0.29, 0.717) is 13.2 Å². The van der Waals surface area contributed by atoms with Crippen molar-refractivity contribution in [2.24, 2.45) is 5.10 Å². The topological polar surface area (TPSA) is 68.0 Å². The normalized spacial score (nSPS) is 17.0. The number of imidazole rings is 1. The summed E-state index contributed by atoms with van der Waals surface area (Å²) in [5, 5.41) is 6.90. The number of nitrogens with zero attached hydrogens (tertiary/aromatic N) is 6. The number of benzene rings is 1. The molecule has 3 aromatic rings. The smallest absolute Gasteiger partial charge is 0.164 e. The van der Waals surface area contributed by atoms with Crippen LogP contribution in [0.2, 0.25) is 0 Å². The third-order valence-corrected chi connectivity index (χ3v) is 5.60. The minimum atomic E-state index is 0.615. The van der Waals surface area contributed by atoms with Gasteiger partial charge in [-0.2, -0.15) is 5.10 Å². The van der Waals surface area contributed by atoms with Crippen LogP contribution in [0, 0.1) is 0 Å². The molecule has 0 radical (unpaired) electrons. The summed E-state index contributed by atoms with van der Waals surface area (Å²) in [6.45, 7) is 5.30. The molecular weight excluding hydrogens is 380 g/mol. The Hall–Kier alpha value is -2.97. The van der Waals surface area contributed by atoms with Gasteiger partial charge in [-0.25, -0.2) is 15.0 Å². The monoisotopic (exact) mass is 406 g/mol. The van der Waals surface area contributed by atoms with Crippen molar-refractivity contribution in [3.63, 3.8) is 0 Å². The zero-order chi connectivity index (χ0) is 20.3. The average molecular weight is 406 g/mol. The summed E-state index contributed by atoms with van der Waals surface area (Å²) in [7, 11) is 1.71. The number of aromatic nitrogens is 3. The molecular formula is C22H26N6O2. The first kappa shape index (κ1) is 19.0. The Morgan fingerprint density at radius 1 is 1.10 bits per heavy atom. The van der Waals surface area contributed by atoms with Crippen LogP contribution in [0.25, 0.3) is 11.2 Å². The first-order valence-corrected chi connectivity index (χ1v) is 10.4. The van der Waals surface area contributed by atoms with Crippen LogP contribution in [0.3, 0.4) is 0 Å². The van der Waals surface area contributed by atoms with Crippen LogP contribution in [0.1, 0.15) is 12.0 Å². The zero-order valence-corrected chi connectivity index (χ0v) is 17.2. The lowest BCUT2D eigenvalue weighted by atomic mass is 10.1. The fourth-order valence-electron chi connectivity index (χ4n) is 3.99. The van der Waals surface area contributed by atoms with Crippen molar-refractivity contribution in [2.75, 3.05) is 56.5 Å². The summed E-state index contributed by atoms with van der Waals surface area (Å²) in [6, 6.07) is 12.5. The number of pyridine rings is 1. The Bertz CT molecular complexity index is 1040. The van der Waals surface area contributed by atoms with E-state index in [1.54, 1.807) is 7.11 Å². The first-order valence-electron chi connectivity index (χ1n) is 10.4. The number of hydrogen-bond acceptors (Lipinski definition) is 7. The van der Waals surface area contributed by atoms with Crippen LogP contribution in [-0.2, 0) is 16.0 Å². The number of fused-ring (bicyclic) bond motifs is 1. The molecule has 1 saturated heterocycles. The molecule has 0 amide bonds. The molecule has 8 nitrogen and oxygen atoms in total. The van der Waals surface area contributed by atoms with E-state index in [-0.39, 0.29) is 0 Å². The van der Waals surface area contributed by atoms with Crippen molar-refractivity contribution in [1.29, 1.82) is 0 Å². The lowest BCUT2D eigenvalue weighted by molar-refractivity contribution is 0.123. The van der Waals surface area contributed by atoms with E-state index >= 15 is 0 Å². The molecule has 1 fully saturated rings. The molecule has 1 aromatic carbocycles. The van der Waals surface area contributed by atoms with E-state index in [9.17, 15) is 0 Å². The molecule has 2 aliphatic heterocycles. The van der Waals surface area contributed by atoms with Gasteiger partial charge in [0.15, 0.2) is 11.5 Å². The highest BCUT2D eigenvalue weighted by molar-refractivity contribution is 6.02. The maximum atomic E-state index is 5.55. The van der Waals surface area contributed by atoms with E-state index in [2.05, 4.69) is 44.8 Å². The lowest BCUT2D eigenvalue weighted by Gasteiger charge is -2.29. The van der Waals surface area contributed by atoms with Gasteiger partial charge in [0, 0.05) is 45.8 Å². The van der Waals surface area contributed by atoms with E-state index in [0.717, 1.165) is 67.6 Å². The molecule has 0 atom stereocenters. The maximum Gasteiger partial charge on any atom is 0.164 e. The lowest BCUT2D eigenvalue weighted by Crippen LogP contribution is -2.36. The minimum Gasteiger partial charge on any atom is -0.383 e. The van der Waals surface area contributed by atoms with Crippen LogP contribution < -0.4 is 9.91 Å². The average Bonchev–Trinajstić information content (AvgIpc) is 3.46. The van der Waals surface area contributed by atoms with Crippen molar-refractivity contribution in [3.05, 3.63) is 48.3 Å². The number of methoxy groups -OCH3 is 1. The summed E-state index contributed by atoms with van der Waals surface area (Å²) < 4.78 is 12.9. The van der Waals surface area contributed by atoms with Crippen LogP contribution >= 0.6 is 0 Å². The minimum absolute atomic E-state index is 0.615. The number of hydrazone groups is 1. The molecule has 0 N–H and O–H groups in total. The highest BCUT2D eigenvalue weighted by Gasteiger charge is 2.23. The maximum absolute atomic E-state index is 5.55. The Balaban J connectivity index is 1.55. The standard InChI is InChI=1S/C22H26N6O2/c1-29-12-9-27-16-23-21-19(26-10-13-30-14-11-26)15-20(24-22(21)27)28-8-7-18(25-28)17-5-3-2-4-6-17/h2-6,15-16H,7-14H2,1H3. The van der Waals surface area contributed by atoms with E-state index in [4.69, 9.17) is 19.6 Å². The third kappa shape index (κ3) is 3.64. The van der Waals surface area contributed by atoms with Crippen molar-refractivity contribution in [2.45, 2.75) is 13.0 Å². The summed E-state index contributed by atoms with van der Waals surface area (Å²) in [6.07, 6.45) is 2.76.